The molecule has 4 nitrogen and oxygen atoms in total. The number of hydrogen-bond acceptors (Lipinski definition) is 3. The number of hydrogen-bond donors (Lipinski definition) is 0. The molecule has 1 amide bonds. The van der Waals surface area contributed by atoms with Crippen molar-refractivity contribution in [3.8, 4) is 11.5 Å². The number of ether oxygens (including phenoxy) is 2. The summed E-state index contributed by atoms with van der Waals surface area (Å²) in [4.78, 5) is 13.8. The van der Waals surface area contributed by atoms with Gasteiger partial charge in [-0.3, -0.25) is 4.79 Å². The first-order chi connectivity index (χ1) is 9.47. The van der Waals surface area contributed by atoms with Gasteiger partial charge in [0.15, 0.2) is 0 Å². The molecule has 0 fully saturated rings. The number of rotatable bonds is 7. The van der Waals surface area contributed by atoms with E-state index in [4.69, 9.17) is 9.47 Å². The van der Waals surface area contributed by atoms with Gasteiger partial charge in [0, 0.05) is 31.6 Å². The molecule has 20 heavy (non-hydrogen) atoms. The average molecular weight is 279 g/mol. The zero-order valence-corrected chi connectivity index (χ0v) is 13.1. The van der Waals surface area contributed by atoms with Crippen molar-refractivity contribution in [2.75, 3.05) is 21.3 Å². The van der Waals surface area contributed by atoms with Crippen LogP contribution in [0.1, 0.15) is 32.3 Å². The molecule has 0 N–H and O–H groups in total. The van der Waals surface area contributed by atoms with Gasteiger partial charge in [0.1, 0.15) is 11.5 Å². The maximum atomic E-state index is 12.0. The third-order valence-electron chi connectivity index (χ3n) is 3.26. The maximum Gasteiger partial charge on any atom is 0.222 e. The van der Waals surface area contributed by atoms with E-state index in [1.165, 1.54) is 0 Å². The molecule has 0 saturated carbocycles. The fraction of sp³-hybridized carbons (Fsp3) is 0.562. The maximum absolute atomic E-state index is 12.0. The summed E-state index contributed by atoms with van der Waals surface area (Å²) in [5.74, 6) is 2.20. The third-order valence-corrected chi connectivity index (χ3v) is 3.26. The van der Waals surface area contributed by atoms with Crippen LogP contribution in [0, 0.1) is 5.92 Å². The Bertz CT molecular complexity index is 443. The molecule has 1 aromatic carbocycles. The molecule has 112 valence electrons. The Kier molecular flexibility index (Phi) is 6.36. The molecule has 1 rings (SSSR count). The summed E-state index contributed by atoms with van der Waals surface area (Å²) in [6, 6.07) is 5.65. The Hall–Kier alpha value is -1.71. The van der Waals surface area contributed by atoms with Gasteiger partial charge in [-0.25, -0.2) is 0 Å². The number of amides is 1. The molecule has 0 aliphatic carbocycles. The highest BCUT2D eigenvalue weighted by Crippen LogP contribution is 2.25. The van der Waals surface area contributed by atoms with Crippen molar-refractivity contribution >= 4 is 5.91 Å². The largest absolute Gasteiger partial charge is 0.497 e. The zero-order chi connectivity index (χ0) is 15.1. The summed E-state index contributed by atoms with van der Waals surface area (Å²) in [6.45, 7) is 4.80. The summed E-state index contributed by atoms with van der Waals surface area (Å²) in [5, 5.41) is 0. The van der Waals surface area contributed by atoms with E-state index in [9.17, 15) is 4.79 Å². The third kappa shape index (κ3) is 4.76. The van der Waals surface area contributed by atoms with Gasteiger partial charge in [-0.05, 0) is 24.5 Å². The molecule has 0 saturated heterocycles. The molecular weight excluding hydrogens is 254 g/mol. The lowest BCUT2D eigenvalue weighted by molar-refractivity contribution is -0.130. The van der Waals surface area contributed by atoms with Gasteiger partial charge in [0.25, 0.3) is 0 Å². The number of nitrogens with zero attached hydrogens (tertiary/aromatic N) is 1. The van der Waals surface area contributed by atoms with E-state index in [0.717, 1.165) is 23.5 Å². The van der Waals surface area contributed by atoms with Crippen LogP contribution in [-0.2, 0) is 11.3 Å². The Morgan fingerprint density at radius 3 is 2.50 bits per heavy atom. The predicted molar refractivity (Wildman–Crippen MR) is 80.1 cm³/mol. The van der Waals surface area contributed by atoms with Crippen LogP contribution < -0.4 is 9.47 Å². The monoisotopic (exact) mass is 279 g/mol. The van der Waals surface area contributed by atoms with E-state index in [1.807, 2.05) is 25.2 Å². The Balaban J connectivity index is 2.69. The normalized spacial score (nSPS) is 10.5. The molecular formula is C16H25NO3. The molecule has 0 aliphatic heterocycles. The van der Waals surface area contributed by atoms with Gasteiger partial charge in [0.2, 0.25) is 5.91 Å². The molecule has 4 heteroatoms. The summed E-state index contributed by atoms with van der Waals surface area (Å²) in [5.41, 5.74) is 0.980. The summed E-state index contributed by atoms with van der Waals surface area (Å²) >= 11 is 0. The molecule has 0 aromatic heterocycles. The minimum atomic E-state index is 0.163. The zero-order valence-electron chi connectivity index (χ0n) is 13.1. The highest BCUT2D eigenvalue weighted by atomic mass is 16.5. The second kappa shape index (κ2) is 7.78. The second-order valence-corrected chi connectivity index (χ2v) is 5.36. The molecule has 0 atom stereocenters. The van der Waals surface area contributed by atoms with E-state index in [0.29, 0.717) is 18.9 Å². The van der Waals surface area contributed by atoms with Crippen molar-refractivity contribution in [2.24, 2.45) is 5.92 Å². The Morgan fingerprint density at radius 2 is 1.95 bits per heavy atom. The lowest BCUT2D eigenvalue weighted by Crippen LogP contribution is -2.26. The second-order valence-electron chi connectivity index (χ2n) is 5.36. The first-order valence-corrected chi connectivity index (χ1v) is 6.92. The van der Waals surface area contributed by atoms with Crippen molar-refractivity contribution in [2.45, 2.75) is 33.2 Å². The lowest BCUT2D eigenvalue weighted by Gasteiger charge is -2.19. The molecule has 0 heterocycles. The lowest BCUT2D eigenvalue weighted by atomic mass is 10.1. The Labute approximate surface area is 121 Å². The van der Waals surface area contributed by atoms with Crippen LogP contribution in [0.15, 0.2) is 18.2 Å². The van der Waals surface area contributed by atoms with E-state index >= 15 is 0 Å². The molecule has 0 radical (unpaired) electrons. The van der Waals surface area contributed by atoms with E-state index < -0.39 is 0 Å². The highest BCUT2D eigenvalue weighted by molar-refractivity contribution is 5.75. The minimum Gasteiger partial charge on any atom is -0.497 e. The number of carbonyl (C=O) groups is 1. The number of methoxy groups -OCH3 is 2. The predicted octanol–water partition coefficient (Wildman–Crippen LogP) is 3.10. The Morgan fingerprint density at radius 1 is 1.25 bits per heavy atom. The smallest absolute Gasteiger partial charge is 0.222 e. The molecule has 0 unspecified atom stereocenters. The molecule has 0 aliphatic rings. The average Bonchev–Trinajstić information content (AvgIpc) is 2.44. The van der Waals surface area contributed by atoms with Crippen LogP contribution in [0.5, 0.6) is 11.5 Å². The van der Waals surface area contributed by atoms with E-state index in [1.54, 1.807) is 19.1 Å². The van der Waals surface area contributed by atoms with Crippen LogP contribution in [0.3, 0.4) is 0 Å². The fourth-order valence-electron chi connectivity index (χ4n) is 1.93. The van der Waals surface area contributed by atoms with Crippen LogP contribution in [-0.4, -0.2) is 32.1 Å². The van der Waals surface area contributed by atoms with Gasteiger partial charge < -0.3 is 14.4 Å². The van der Waals surface area contributed by atoms with Crippen molar-refractivity contribution in [3.63, 3.8) is 0 Å². The van der Waals surface area contributed by atoms with Gasteiger partial charge in [-0.1, -0.05) is 13.8 Å². The van der Waals surface area contributed by atoms with Crippen molar-refractivity contribution in [3.05, 3.63) is 23.8 Å². The number of benzene rings is 1. The van der Waals surface area contributed by atoms with Gasteiger partial charge in [-0.15, -0.1) is 0 Å². The van der Waals surface area contributed by atoms with Crippen LogP contribution in [0.2, 0.25) is 0 Å². The van der Waals surface area contributed by atoms with Crippen molar-refractivity contribution in [1.29, 1.82) is 0 Å². The van der Waals surface area contributed by atoms with Crippen LogP contribution in [0.4, 0.5) is 0 Å². The van der Waals surface area contributed by atoms with Gasteiger partial charge >= 0.3 is 0 Å². The van der Waals surface area contributed by atoms with Crippen LogP contribution in [0.25, 0.3) is 0 Å². The topological polar surface area (TPSA) is 38.8 Å². The SMILES string of the molecule is COc1ccc(CN(C)C(=O)CCC(C)C)c(OC)c1. The van der Waals surface area contributed by atoms with Gasteiger partial charge in [-0.2, -0.15) is 0 Å². The molecule has 1 aromatic rings. The number of carbonyl (C=O) groups excluding carboxylic acids is 1. The van der Waals surface area contributed by atoms with Gasteiger partial charge in [0.05, 0.1) is 14.2 Å². The highest BCUT2D eigenvalue weighted by Gasteiger charge is 2.13. The van der Waals surface area contributed by atoms with E-state index in [2.05, 4.69) is 13.8 Å². The first kappa shape index (κ1) is 16.3. The van der Waals surface area contributed by atoms with Crippen molar-refractivity contribution < 1.29 is 14.3 Å². The summed E-state index contributed by atoms with van der Waals surface area (Å²) in [7, 11) is 5.07. The standard InChI is InChI=1S/C16H25NO3/c1-12(2)6-9-16(18)17(3)11-13-7-8-14(19-4)10-15(13)20-5/h7-8,10,12H,6,9,11H2,1-5H3. The fourth-order valence-corrected chi connectivity index (χ4v) is 1.93. The van der Waals surface area contributed by atoms with Crippen molar-refractivity contribution in [1.82, 2.24) is 4.90 Å². The summed E-state index contributed by atoms with van der Waals surface area (Å²) < 4.78 is 10.5. The molecule has 0 spiro atoms. The minimum absolute atomic E-state index is 0.163. The quantitative estimate of drug-likeness (QED) is 0.770. The van der Waals surface area contributed by atoms with E-state index in [-0.39, 0.29) is 5.91 Å². The van der Waals surface area contributed by atoms with Crippen LogP contribution >= 0.6 is 0 Å². The first-order valence-electron chi connectivity index (χ1n) is 6.92. The molecule has 0 bridgehead atoms. The summed E-state index contributed by atoms with van der Waals surface area (Å²) in [6.07, 6.45) is 1.51.